The van der Waals surface area contributed by atoms with Crippen LogP contribution in [0.25, 0.3) is 0 Å². The molecule has 2 N–H and O–H groups in total. The molecule has 108 valence electrons. The molecule has 0 saturated heterocycles. The van der Waals surface area contributed by atoms with E-state index in [0.717, 1.165) is 6.54 Å². The molecule has 6 heteroatoms. The lowest BCUT2D eigenvalue weighted by atomic mass is 9.87. The minimum Gasteiger partial charge on any atom is -0.357 e. The number of hydrogen-bond donors (Lipinski definition) is 2. The molecule has 0 aliphatic carbocycles. The molecule has 0 aliphatic rings. The molecule has 0 aromatic carbocycles. The highest BCUT2D eigenvalue weighted by Crippen LogP contribution is 2.24. The first-order valence-corrected chi connectivity index (χ1v) is 7.18. The average molecular weight is 286 g/mol. The molecule has 0 unspecified atom stereocenters. The maximum Gasteiger partial charge on any atom is 0.228 e. The first-order chi connectivity index (χ1) is 8.96. The van der Waals surface area contributed by atoms with Gasteiger partial charge in [0.1, 0.15) is 0 Å². The minimum absolute atomic E-state index is 0.200. The summed E-state index contributed by atoms with van der Waals surface area (Å²) in [5.41, 5.74) is 0.216. The summed E-state index contributed by atoms with van der Waals surface area (Å²) in [7, 11) is 1.75. The lowest BCUT2D eigenvalue weighted by Gasteiger charge is -2.24. The Hall–Kier alpha value is -1.10. The van der Waals surface area contributed by atoms with Crippen molar-refractivity contribution in [2.75, 3.05) is 24.2 Å². The maximum atomic E-state index is 5.84. The quantitative estimate of drug-likeness (QED) is 0.715. The summed E-state index contributed by atoms with van der Waals surface area (Å²) in [6.45, 7) is 7.53. The van der Waals surface area contributed by atoms with Crippen molar-refractivity contribution < 1.29 is 0 Å². The average Bonchev–Trinajstić information content (AvgIpc) is 2.36. The highest BCUT2D eigenvalue weighted by Gasteiger charge is 2.17. The van der Waals surface area contributed by atoms with E-state index in [4.69, 9.17) is 11.6 Å². The molecule has 0 radical (unpaired) electrons. The number of unbranched alkanes of at least 4 members (excludes halogenated alkanes) is 2. The van der Waals surface area contributed by atoms with E-state index in [1.165, 1.54) is 25.7 Å². The largest absolute Gasteiger partial charge is 0.357 e. The zero-order valence-corrected chi connectivity index (χ0v) is 13.0. The number of nitrogens with one attached hydrogen (secondary N) is 2. The van der Waals surface area contributed by atoms with Crippen molar-refractivity contribution in [1.29, 1.82) is 0 Å². The molecule has 0 fully saturated rings. The van der Waals surface area contributed by atoms with Crippen molar-refractivity contribution in [3.63, 3.8) is 0 Å². The standard InChI is InChI=1S/C13H24ClN5/c1-5-6-7-8-13(2,3)9-16-12-18-10(14)17-11(15-4)19-12/h5-9H2,1-4H3,(H2,15,16,17,18,19). The molecule has 1 aromatic rings. The number of hydrogen-bond acceptors (Lipinski definition) is 5. The number of halogens is 1. The van der Waals surface area contributed by atoms with Gasteiger partial charge in [-0.25, -0.2) is 0 Å². The van der Waals surface area contributed by atoms with Gasteiger partial charge in [-0.2, -0.15) is 15.0 Å². The summed E-state index contributed by atoms with van der Waals surface area (Å²) in [5.74, 6) is 0.999. The van der Waals surface area contributed by atoms with Gasteiger partial charge in [0.15, 0.2) is 0 Å². The lowest BCUT2D eigenvalue weighted by Crippen LogP contribution is -2.24. The Kier molecular flexibility index (Phi) is 6.28. The van der Waals surface area contributed by atoms with Crippen LogP contribution < -0.4 is 10.6 Å². The van der Waals surface area contributed by atoms with Gasteiger partial charge in [-0.1, -0.05) is 40.0 Å². The van der Waals surface area contributed by atoms with Crippen LogP contribution in [0, 0.1) is 5.41 Å². The Balaban J connectivity index is 2.53. The summed E-state index contributed by atoms with van der Waals surface area (Å²) in [5, 5.41) is 6.30. The van der Waals surface area contributed by atoms with E-state index in [-0.39, 0.29) is 10.7 Å². The van der Waals surface area contributed by atoms with Crippen molar-refractivity contribution in [2.24, 2.45) is 5.41 Å². The first kappa shape index (κ1) is 16.0. The smallest absolute Gasteiger partial charge is 0.228 e. The van der Waals surface area contributed by atoms with Crippen LogP contribution >= 0.6 is 11.6 Å². The van der Waals surface area contributed by atoms with E-state index < -0.39 is 0 Å². The van der Waals surface area contributed by atoms with Crippen LogP contribution in [-0.2, 0) is 0 Å². The van der Waals surface area contributed by atoms with Crippen molar-refractivity contribution in [2.45, 2.75) is 46.5 Å². The van der Waals surface area contributed by atoms with E-state index in [0.29, 0.717) is 11.9 Å². The number of rotatable bonds is 8. The Labute approximate surface area is 120 Å². The molecule has 0 amide bonds. The Morgan fingerprint density at radius 1 is 1.11 bits per heavy atom. The highest BCUT2D eigenvalue weighted by atomic mass is 35.5. The highest BCUT2D eigenvalue weighted by molar-refractivity contribution is 6.28. The summed E-state index contributed by atoms with van der Waals surface area (Å²) in [6.07, 6.45) is 4.97. The second-order valence-electron chi connectivity index (χ2n) is 5.48. The summed E-state index contributed by atoms with van der Waals surface area (Å²) < 4.78 is 0. The lowest BCUT2D eigenvalue weighted by molar-refractivity contribution is 0.342. The van der Waals surface area contributed by atoms with Gasteiger partial charge in [0.05, 0.1) is 0 Å². The Bertz CT molecular complexity index is 395. The normalized spacial score (nSPS) is 11.4. The molecule has 0 bridgehead atoms. The fourth-order valence-electron chi connectivity index (χ4n) is 1.80. The van der Waals surface area contributed by atoms with E-state index in [1.54, 1.807) is 7.05 Å². The van der Waals surface area contributed by atoms with Crippen molar-refractivity contribution >= 4 is 23.5 Å². The van der Waals surface area contributed by atoms with Crippen LogP contribution in [0.15, 0.2) is 0 Å². The minimum atomic E-state index is 0.200. The van der Waals surface area contributed by atoms with E-state index in [1.807, 2.05) is 0 Å². The number of anilines is 2. The second-order valence-corrected chi connectivity index (χ2v) is 5.81. The summed E-state index contributed by atoms with van der Waals surface area (Å²) >= 11 is 5.84. The zero-order valence-electron chi connectivity index (χ0n) is 12.3. The molecule has 19 heavy (non-hydrogen) atoms. The van der Waals surface area contributed by atoms with Gasteiger partial charge in [0.25, 0.3) is 0 Å². The van der Waals surface area contributed by atoms with E-state index >= 15 is 0 Å². The number of aromatic nitrogens is 3. The predicted molar refractivity (Wildman–Crippen MR) is 80.8 cm³/mol. The second kappa shape index (κ2) is 7.48. The van der Waals surface area contributed by atoms with Gasteiger partial charge < -0.3 is 10.6 Å². The number of nitrogens with zero attached hydrogens (tertiary/aromatic N) is 3. The molecule has 0 saturated carbocycles. The van der Waals surface area contributed by atoms with Crippen LogP contribution in [0.2, 0.25) is 5.28 Å². The molecular weight excluding hydrogens is 262 g/mol. The molecule has 1 aromatic heterocycles. The van der Waals surface area contributed by atoms with E-state index in [9.17, 15) is 0 Å². The van der Waals surface area contributed by atoms with Gasteiger partial charge in [0.2, 0.25) is 17.2 Å². The third-order valence-corrected chi connectivity index (χ3v) is 3.18. The van der Waals surface area contributed by atoms with Gasteiger partial charge in [0, 0.05) is 13.6 Å². The zero-order chi connectivity index (χ0) is 14.3. The fraction of sp³-hybridized carbons (Fsp3) is 0.769. The van der Waals surface area contributed by atoms with Gasteiger partial charge in [-0.05, 0) is 23.4 Å². The molecular formula is C13H24ClN5. The molecule has 0 spiro atoms. The topological polar surface area (TPSA) is 62.7 Å². The van der Waals surface area contributed by atoms with Gasteiger partial charge in [-0.3, -0.25) is 0 Å². The molecule has 5 nitrogen and oxygen atoms in total. The van der Waals surface area contributed by atoms with Crippen LogP contribution in [0.1, 0.15) is 46.5 Å². The van der Waals surface area contributed by atoms with Crippen molar-refractivity contribution in [3.8, 4) is 0 Å². The SMILES string of the molecule is CCCCCC(C)(C)CNc1nc(Cl)nc(NC)n1. The van der Waals surface area contributed by atoms with Gasteiger partial charge in [-0.15, -0.1) is 0 Å². The first-order valence-electron chi connectivity index (χ1n) is 6.80. The summed E-state index contributed by atoms with van der Waals surface area (Å²) in [4.78, 5) is 12.2. The summed E-state index contributed by atoms with van der Waals surface area (Å²) in [6, 6.07) is 0. The van der Waals surface area contributed by atoms with Gasteiger partial charge >= 0.3 is 0 Å². The van der Waals surface area contributed by atoms with Crippen molar-refractivity contribution in [1.82, 2.24) is 15.0 Å². The maximum absolute atomic E-state index is 5.84. The van der Waals surface area contributed by atoms with E-state index in [2.05, 4.69) is 46.4 Å². The fourth-order valence-corrected chi connectivity index (χ4v) is 1.96. The predicted octanol–water partition coefficient (Wildman–Crippen LogP) is 3.59. The molecule has 0 atom stereocenters. The third-order valence-electron chi connectivity index (χ3n) is 3.01. The third kappa shape index (κ3) is 6.05. The molecule has 0 aliphatic heterocycles. The van der Waals surface area contributed by atoms with Crippen LogP contribution in [-0.4, -0.2) is 28.5 Å². The Morgan fingerprint density at radius 3 is 2.42 bits per heavy atom. The monoisotopic (exact) mass is 285 g/mol. The Morgan fingerprint density at radius 2 is 1.79 bits per heavy atom. The van der Waals surface area contributed by atoms with Crippen LogP contribution in [0.3, 0.4) is 0 Å². The van der Waals surface area contributed by atoms with Crippen molar-refractivity contribution in [3.05, 3.63) is 5.28 Å². The van der Waals surface area contributed by atoms with Crippen LogP contribution in [0.4, 0.5) is 11.9 Å². The molecule has 1 rings (SSSR count). The molecule has 1 heterocycles. The van der Waals surface area contributed by atoms with Crippen LogP contribution in [0.5, 0.6) is 0 Å².